The van der Waals surface area contributed by atoms with Gasteiger partial charge in [-0.2, -0.15) is 9.36 Å². The highest BCUT2D eigenvalue weighted by Crippen LogP contribution is 2.33. The number of aryl methyl sites for hydroxylation is 1. The Bertz CT molecular complexity index is 612. The molecule has 0 spiro atoms. The van der Waals surface area contributed by atoms with Crippen LogP contribution in [0.4, 0.5) is 0 Å². The van der Waals surface area contributed by atoms with Crippen LogP contribution in [0.15, 0.2) is 18.2 Å². The molecule has 20 heavy (non-hydrogen) atoms. The molecule has 0 bridgehead atoms. The molecule has 1 heterocycles. The second-order valence-electron chi connectivity index (χ2n) is 4.00. The summed E-state index contributed by atoms with van der Waals surface area (Å²) < 4.78 is 14.9. The maximum Gasteiger partial charge on any atom is 0.335 e. The van der Waals surface area contributed by atoms with Gasteiger partial charge in [0.15, 0.2) is 11.5 Å². The molecule has 1 aromatic carbocycles. The van der Waals surface area contributed by atoms with Gasteiger partial charge in [0.25, 0.3) is 5.19 Å². The number of rotatable bonds is 6. The van der Waals surface area contributed by atoms with Gasteiger partial charge in [0, 0.05) is 18.0 Å². The number of hydrogen-bond acceptors (Lipinski definition) is 6. The zero-order valence-corrected chi connectivity index (χ0v) is 11.9. The second-order valence-corrected chi connectivity index (χ2v) is 4.71. The van der Waals surface area contributed by atoms with Crippen molar-refractivity contribution in [1.82, 2.24) is 9.36 Å². The lowest BCUT2D eigenvalue weighted by Crippen LogP contribution is -1.98. The fourth-order valence-electron chi connectivity index (χ4n) is 1.59. The topological polar surface area (TPSA) is 81.5 Å². The van der Waals surface area contributed by atoms with Gasteiger partial charge in [0.05, 0.1) is 12.7 Å². The summed E-state index contributed by atoms with van der Waals surface area (Å²) in [5.41, 5.74) is 0.124. The molecule has 0 aliphatic carbocycles. The van der Waals surface area contributed by atoms with E-state index < -0.39 is 5.97 Å². The number of methoxy groups -OCH3 is 1. The highest BCUT2D eigenvalue weighted by atomic mass is 32.1. The number of carboxylic acid groups (broad SMARTS) is 1. The van der Waals surface area contributed by atoms with Gasteiger partial charge in [0.2, 0.25) is 0 Å². The Morgan fingerprint density at radius 1 is 1.40 bits per heavy atom. The summed E-state index contributed by atoms with van der Waals surface area (Å²) >= 11 is 1.13. The third-order valence-corrected chi connectivity index (χ3v) is 3.16. The van der Waals surface area contributed by atoms with E-state index in [1.165, 1.54) is 19.2 Å². The monoisotopic (exact) mass is 294 g/mol. The minimum Gasteiger partial charge on any atom is -0.493 e. The summed E-state index contributed by atoms with van der Waals surface area (Å²) in [5.74, 6) is 0.455. The number of carboxylic acids is 1. The van der Waals surface area contributed by atoms with Crippen LogP contribution in [0.3, 0.4) is 0 Å². The molecule has 0 saturated carbocycles. The fraction of sp³-hybridized carbons (Fsp3) is 0.308. The van der Waals surface area contributed by atoms with Crippen LogP contribution in [-0.4, -0.2) is 27.5 Å². The molecule has 6 nitrogen and oxygen atoms in total. The van der Waals surface area contributed by atoms with E-state index in [4.69, 9.17) is 14.6 Å². The van der Waals surface area contributed by atoms with E-state index in [0.717, 1.165) is 30.2 Å². The van der Waals surface area contributed by atoms with E-state index >= 15 is 0 Å². The van der Waals surface area contributed by atoms with Gasteiger partial charge in [0.1, 0.15) is 5.82 Å². The maximum atomic E-state index is 11.0. The Morgan fingerprint density at radius 2 is 2.20 bits per heavy atom. The quantitative estimate of drug-likeness (QED) is 0.882. The summed E-state index contributed by atoms with van der Waals surface area (Å²) in [6.45, 7) is 2.04. The highest BCUT2D eigenvalue weighted by Gasteiger charge is 2.13. The fourth-order valence-corrected chi connectivity index (χ4v) is 2.18. The SMILES string of the molecule is CCCc1nsc(Oc2cc(C(=O)O)ccc2OC)n1. The van der Waals surface area contributed by atoms with Gasteiger partial charge >= 0.3 is 5.97 Å². The molecule has 106 valence electrons. The predicted octanol–water partition coefficient (Wildman–Crippen LogP) is 2.99. The van der Waals surface area contributed by atoms with E-state index in [0.29, 0.717) is 16.7 Å². The summed E-state index contributed by atoms with van der Waals surface area (Å²) in [7, 11) is 1.49. The zero-order chi connectivity index (χ0) is 14.5. The van der Waals surface area contributed by atoms with Gasteiger partial charge in [-0.25, -0.2) is 4.79 Å². The number of ether oxygens (including phenoxy) is 2. The molecule has 0 atom stereocenters. The number of aromatic nitrogens is 2. The maximum absolute atomic E-state index is 11.0. The molecule has 1 N–H and O–H groups in total. The average molecular weight is 294 g/mol. The van der Waals surface area contributed by atoms with Crippen LogP contribution in [-0.2, 0) is 6.42 Å². The molecule has 0 radical (unpaired) electrons. The molecule has 0 aliphatic heterocycles. The van der Waals surface area contributed by atoms with Crippen molar-refractivity contribution >= 4 is 17.5 Å². The third kappa shape index (κ3) is 3.24. The first kappa shape index (κ1) is 14.3. The van der Waals surface area contributed by atoms with E-state index in [2.05, 4.69) is 9.36 Å². The van der Waals surface area contributed by atoms with E-state index in [-0.39, 0.29) is 5.56 Å². The number of hydrogen-bond donors (Lipinski definition) is 1. The molecular formula is C13H14N2O4S. The first-order valence-corrected chi connectivity index (χ1v) is 6.83. The molecule has 0 unspecified atom stereocenters. The molecule has 2 rings (SSSR count). The summed E-state index contributed by atoms with van der Waals surface area (Å²) in [4.78, 5) is 15.2. The van der Waals surface area contributed by atoms with Crippen molar-refractivity contribution < 1.29 is 19.4 Å². The molecule has 2 aromatic rings. The van der Waals surface area contributed by atoms with E-state index in [1.54, 1.807) is 6.07 Å². The predicted molar refractivity (Wildman–Crippen MR) is 73.9 cm³/mol. The zero-order valence-electron chi connectivity index (χ0n) is 11.1. The number of benzene rings is 1. The Labute approximate surface area is 120 Å². The van der Waals surface area contributed by atoms with Crippen LogP contribution >= 0.6 is 11.5 Å². The first-order valence-electron chi connectivity index (χ1n) is 6.05. The molecule has 7 heteroatoms. The van der Waals surface area contributed by atoms with Gasteiger partial charge in [-0.3, -0.25) is 0 Å². The Kier molecular flexibility index (Phi) is 4.52. The van der Waals surface area contributed by atoms with Crippen molar-refractivity contribution in [2.75, 3.05) is 7.11 Å². The molecule has 0 fully saturated rings. The lowest BCUT2D eigenvalue weighted by molar-refractivity contribution is 0.0696. The Balaban J connectivity index is 2.25. The number of aromatic carboxylic acids is 1. The van der Waals surface area contributed by atoms with Crippen molar-refractivity contribution in [2.45, 2.75) is 19.8 Å². The van der Waals surface area contributed by atoms with Gasteiger partial charge < -0.3 is 14.6 Å². The second kappa shape index (κ2) is 6.33. The molecule has 0 saturated heterocycles. The summed E-state index contributed by atoms with van der Waals surface area (Å²) in [6, 6.07) is 4.41. The van der Waals surface area contributed by atoms with Crippen molar-refractivity contribution in [3.63, 3.8) is 0 Å². The standard InChI is InChI=1S/C13H14N2O4S/c1-3-4-11-14-13(20-15-11)19-10-7-8(12(16)17)5-6-9(10)18-2/h5-7H,3-4H2,1-2H3,(H,16,17). The van der Waals surface area contributed by atoms with Gasteiger partial charge in [-0.1, -0.05) is 6.92 Å². The van der Waals surface area contributed by atoms with Crippen molar-refractivity contribution in [2.24, 2.45) is 0 Å². The van der Waals surface area contributed by atoms with E-state index in [1.807, 2.05) is 6.92 Å². The first-order chi connectivity index (χ1) is 9.63. The van der Waals surface area contributed by atoms with Crippen molar-refractivity contribution in [1.29, 1.82) is 0 Å². The van der Waals surface area contributed by atoms with Crippen molar-refractivity contribution in [3.05, 3.63) is 29.6 Å². The van der Waals surface area contributed by atoms with Crippen LogP contribution in [0.25, 0.3) is 0 Å². The largest absolute Gasteiger partial charge is 0.493 e. The van der Waals surface area contributed by atoms with Crippen LogP contribution < -0.4 is 9.47 Å². The minimum absolute atomic E-state index is 0.124. The normalized spacial score (nSPS) is 10.3. The van der Waals surface area contributed by atoms with Gasteiger partial charge in [-0.05, 0) is 24.6 Å². The average Bonchev–Trinajstić information content (AvgIpc) is 2.86. The lowest BCUT2D eigenvalue weighted by Gasteiger charge is -2.08. The van der Waals surface area contributed by atoms with Crippen LogP contribution in [0.1, 0.15) is 29.5 Å². The summed E-state index contributed by atoms with van der Waals surface area (Å²) in [6.07, 6.45) is 1.74. The number of carbonyl (C=O) groups is 1. The van der Waals surface area contributed by atoms with Gasteiger partial charge in [-0.15, -0.1) is 0 Å². The van der Waals surface area contributed by atoms with Crippen LogP contribution in [0, 0.1) is 0 Å². The molecular weight excluding hydrogens is 280 g/mol. The van der Waals surface area contributed by atoms with Crippen LogP contribution in [0.2, 0.25) is 0 Å². The van der Waals surface area contributed by atoms with Crippen LogP contribution in [0.5, 0.6) is 16.7 Å². The smallest absolute Gasteiger partial charge is 0.335 e. The highest BCUT2D eigenvalue weighted by molar-refractivity contribution is 7.07. The summed E-state index contributed by atoms with van der Waals surface area (Å²) in [5, 5.41) is 9.36. The molecule has 1 aromatic heterocycles. The third-order valence-electron chi connectivity index (χ3n) is 2.53. The molecule has 0 amide bonds. The minimum atomic E-state index is -1.03. The van der Waals surface area contributed by atoms with E-state index in [9.17, 15) is 4.79 Å². The number of nitrogens with zero attached hydrogens (tertiary/aromatic N) is 2. The Morgan fingerprint density at radius 3 is 2.85 bits per heavy atom. The molecule has 0 aliphatic rings. The van der Waals surface area contributed by atoms with Crippen molar-refractivity contribution in [3.8, 4) is 16.7 Å². The Hall–Kier alpha value is -2.15. The lowest BCUT2D eigenvalue weighted by atomic mass is 10.2.